The van der Waals surface area contributed by atoms with Crippen LogP contribution >= 0.6 is 0 Å². The van der Waals surface area contributed by atoms with Crippen molar-refractivity contribution >= 4 is 0 Å². The van der Waals surface area contributed by atoms with Gasteiger partial charge in [0.05, 0.1) is 24.6 Å². The molecular weight excluding hydrogens is 226 g/mol. The van der Waals surface area contributed by atoms with Crippen LogP contribution in [0.1, 0.15) is 25.2 Å². The maximum absolute atomic E-state index is 5.75. The van der Waals surface area contributed by atoms with Crippen LogP contribution in [-0.4, -0.2) is 43.2 Å². The quantitative estimate of drug-likeness (QED) is 0.800. The van der Waals surface area contributed by atoms with Gasteiger partial charge in [-0.2, -0.15) is 0 Å². The van der Waals surface area contributed by atoms with Crippen molar-refractivity contribution in [3.05, 3.63) is 29.6 Å². The molecule has 0 unspecified atom stereocenters. The fraction of sp³-hybridized carbons (Fsp3) is 0.643. The van der Waals surface area contributed by atoms with Crippen molar-refractivity contribution in [2.24, 2.45) is 0 Å². The van der Waals surface area contributed by atoms with E-state index in [0.717, 1.165) is 17.9 Å². The van der Waals surface area contributed by atoms with Gasteiger partial charge in [0, 0.05) is 12.1 Å². The summed E-state index contributed by atoms with van der Waals surface area (Å²) < 4.78 is 5.75. The maximum Gasteiger partial charge on any atom is 0.0888 e. The molecule has 102 valence electrons. The molecule has 0 spiro atoms. The Hall–Kier alpha value is -0.970. The van der Waals surface area contributed by atoms with Gasteiger partial charge >= 0.3 is 0 Å². The number of ether oxygens (including phenoxy) is 1. The number of hydrogen-bond donors (Lipinski definition) is 1. The van der Waals surface area contributed by atoms with Gasteiger partial charge < -0.3 is 15.0 Å². The van der Waals surface area contributed by atoms with Crippen molar-refractivity contribution < 1.29 is 4.74 Å². The average molecular weight is 251 g/mol. The van der Waals surface area contributed by atoms with Crippen LogP contribution in [-0.2, 0) is 17.9 Å². The van der Waals surface area contributed by atoms with E-state index in [1.54, 1.807) is 0 Å². The van der Waals surface area contributed by atoms with Crippen LogP contribution in [0.2, 0.25) is 0 Å². The van der Waals surface area contributed by atoms with Gasteiger partial charge in [0.25, 0.3) is 0 Å². The lowest BCUT2D eigenvalue weighted by atomic mass is 10.1. The van der Waals surface area contributed by atoms with Crippen LogP contribution in [0, 0.1) is 0 Å². The zero-order valence-electron chi connectivity index (χ0n) is 12.2. The van der Waals surface area contributed by atoms with E-state index in [2.05, 4.69) is 43.1 Å². The van der Waals surface area contributed by atoms with E-state index < -0.39 is 0 Å². The van der Waals surface area contributed by atoms with Gasteiger partial charge in [-0.25, -0.2) is 0 Å². The fourth-order valence-corrected chi connectivity index (χ4v) is 1.42. The number of aromatic nitrogens is 1. The first-order chi connectivity index (χ1) is 8.45. The third-order valence-corrected chi connectivity index (χ3v) is 3.14. The summed E-state index contributed by atoms with van der Waals surface area (Å²) in [6, 6.07) is 6.04. The van der Waals surface area contributed by atoms with Crippen molar-refractivity contribution in [2.45, 2.75) is 32.5 Å². The number of nitrogens with one attached hydrogen (secondary N) is 1. The van der Waals surface area contributed by atoms with E-state index in [1.165, 1.54) is 0 Å². The Kier molecular flexibility index (Phi) is 5.72. The van der Waals surface area contributed by atoms with Gasteiger partial charge in [-0.05, 0) is 47.1 Å². The monoisotopic (exact) mass is 251 g/mol. The molecule has 0 aliphatic rings. The summed E-state index contributed by atoms with van der Waals surface area (Å²) >= 11 is 0. The van der Waals surface area contributed by atoms with Crippen molar-refractivity contribution in [1.29, 1.82) is 0 Å². The average Bonchev–Trinajstić information content (AvgIpc) is 2.29. The summed E-state index contributed by atoms with van der Waals surface area (Å²) in [6.07, 6.45) is 0. The van der Waals surface area contributed by atoms with Crippen molar-refractivity contribution in [3.8, 4) is 0 Å². The lowest BCUT2D eigenvalue weighted by Gasteiger charge is -2.32. The highest BCUT2D eigenvalue weighted by Gasteiger charge is 2.20. The molecule has 1 rings (SSSR count). The van der Waals surface area contributed by atoms with Crippen LogP contribution in [0.5, 0.6) is 0 Å². The van der Waals surface area contributed by atoms with Crippen LogP contribution in [0.3, 0.4) is 0 Å². The van der Waals surface area contributed by atoms with E-state index >= 15 is 0 Å². The summed E-state index contributed by atoms with van der Waals surface area (Å²) in [6.45, 7) is 6.37. The zero-order valence-corrected chi connectivity index (χ0v) is 12.2. The number of likely N-dealkylation sites (N-methyl/N-ethyl adjacent to an activating group) is 1. The number of hydrogen-bond acceptors (Lipinski definition) is 4. The van der Waals surface area contributed by atoms with Crippen LogP contribution < -0.4 is 5.32 Å². The Bertz CT molecular complexity index is 364. The molecule has 0 atom stereocenters. The largest absolute Gasteiger partial charge is 0.373 e. The molecule has 1 aromatic heterocycles. The minimum Gasteiger partial charge on any atom is -0.373 e. The van der Waals surface area contributed by atoms with Crippen LogP contribution in [0.15, 0.2) is 18.2 Å². The predicted octanol–water partition coefficient (Wildman–Crippen LogP) is 1.66. The Morgan fingerprint density at radius 2 is 1.94 bits per heavy atom. The topological polar surface area (TPSA) is 37.4 Å². The maximum atomic E-state index is 5.75. The highest BCUT2D eigenvalue weighted by molar-refractivity contribution is 5.10. The SMILES string of the molecule is CNCc1cccc(COCC(C)(C)N(C)C)n1. The Balaban J connectivity index is 2.46. The second-order valence-corrected chi connectivity index (χ2v) is 5.35. The number of nitrogens with zero attached hydrogens (tertiary/aromatic N) is 2. The summed E-state index contributed by atoms with van der Waals surface area (Å²) in [7, 11) is 6.05. The molecule has 0 bridgehead atoms. The number of rotatable bonds is 7. The number of pyridine rings is 1. The van der Waals surface area contributed by atoms with Gasteiger partial charge in [-0.1, -0.05) is 6.07 Å². The first-order valence-corrected chi connectivity index (χ1v) is 6.30. The molecule has 0 aliphatic carbocycles. The van der Waals surface area contributed by atoms with E-state index in [1.807, 2.05) is 25.2 Å². The second-order valence-electron chi connectivity index (χ2n) is 5.35. The first-order valence-electron chi connectivity index (χ1n) is 6.30. The first kappa shape index (κ1) is 15.1. The minimum atomic E-state index is 0.0442. The summed E-state index contributed by atoms with van der Waals surface area (Å²) in [5.41, 5.74) is 2.07. The van der Waals surface area contributed by atoms with Gasteiger partial charge in [-0.3, -0.25) is 4.98 Å². The highest BCUT2D eigenvalue weighted by Crippen LogP contribution is 2.11. The molecule has 4 nitrogen and oxygen atoms in total. The molecule has 0 fully saturated rings. The molecule has 0 aliphatic heterocycles. The fourth-order valence-electron chi connectivity index (χ4n) is 1.42. The minimum absolute atomic E-state index is 0.0442. The summed E-state index contributed by atoms with van der Waals surface area (Å²) in [5, 5.41) is 3.10. The Morgan fingerprint density at radius 3 is 2.56 bits per heavy atom. The lowest BCUT2D eigenvalue weighted by Crippen LogP contribution is -2.42. The molecule has 1 heterocycles. The molecular formula is C14H25N3O. The smallest absolute Gasteiger partial charge is 0.0888 e. The molecule has 0 amide bonds. The van der Waals surface area contributed by atoms with Gasteiger partial charge in [-0.15, -0.1) is 0 Å². The summed E-state index contributed by atoms with van der Waals surface area (Å²) in [4.78, 5) is 6.69. The molecule has 0 aromatic carbocycles. The van der Waals surface area contributed by atoms with E-state index in [0.29, 0.717) is 13.2 Å². The molecule has 0 saturated carbocycles. The molecule has 0 saturated heterocycles. The van der Waals surface area contributed by atoms with Crippen molar-refractivity contribution in [3.63, 3.8) is 0 Å². The molecule has 1 N–H and O–H groups in total. The molecule has 18 heavy (non-hydrogen) atoms. The van der Waals surface area contributed by atoms with E-state index in [4.69, 9.17) is 4.74 Å². The molecule has 0 radical (unpaired) electrons. The van der Waals surface area contributed by atoms with E-state index in [9.17, 15) is 0 Å². The molecule has 1 aromatic rings. The standard InChI is InChI=1S/C14H25N3O/c1-14(2,17(4)5)11-18-10-13-8-6-7-12(16-13)9-15-3/h6-8,15H,9-11H2,1-5H3. The van der Waals surface area contributed by atoms with Crippen molar-refractivity contribution in [2.75, 3.05) is 27.7 Å². The Morgan fingerprint density at radius 1 is 1.28 bits per heavy atom. The van der Waals surface area contributed by atoms with Crippen molar-refractivity contribution in [1.82, 2.24) is 15.2 Å². The third kappa shape index (κ3) is 4.72. The van der Waals surface area contributed by atoms with Gasteiger partial charge in [0.2, 0.25) is 0 Å². The lowest BCUT2D eigenvalue weighted by molar-refractivity contribution is 0.0261. The highest BCUT2D eigenvalue weighted by atomic mass is 16.5. The zero-order chi connectivity index (χ0) is 13.6. The van der Waals surface area contributed by atoms with Crippen LogP contribution in [0.25, 0.3) is 0 Å². The summed E-state index contributed by atoms with van der Waals surface area (Å²) in [5.74, 6) is 0. The van der Waals surface area contributed by atoms with Gasteiger partial charge in [0.1, 0.15) is 0 Å². The third-order valence-electron chi connectivity index (χ3n) is 3.14. The van der Waals surface area contributed by atoms with Gasteiger partial charge in [0.15, 0.2) is 0 Å². The van der Waals surface area contributed by atoms with Crippen LogP contribution in [0.4, 0.5) is 0 Å². The van der Waals surface area contributed by atoms with E-state index in [-0.39, 0.29) is 5.54 Å². The normalized spacial score (nSPS) is 12.1. The predicted molar refractivity (Wildman–Crippen MR) is 74.4 cm³/mol. The Labute approximate surface area is 110 Å². The second kappa shape index (κ2) is 6.83. The molecule has 4 heteroatoms.